The Labute approximate surface area is 300 Å². The molecule has 0 aliphatic carbocycles. The average Bonchev–Trinajstić information content (AvgIpc) is 3.83. The first-order valence-corrected chi connectivity index (χ1v) is 16.0. The Kier molecular flexibility index (Phi) is 4.67. The molecule has 3 aromatic heterocycles. The Morgan fingerprint density at radius 1 is 0.460 bits per heavy atom. The molecular weight excluding hydrogens is 613 g/mol. The van der Waals surface area contributed by atoms with Gasteiger partial charge in [-0.15, -0.1) is 0 Å². The third-order valence-corrected chi connectivity index (χ3v) is 8.86. The Balaban J connectivity index is 1.21. The number of para-hydroxylation sites is 2. The summed E-state index contributed by atoms with van der Waals surface area (Å²) in [6, 6.07) is 31.9. The van der Waals surface area contributed by atoms with Gasteiger partial charge in [0.1, 0.15) is 11.2 Å². The zero-order chi connectivity index (χ0) is 40.9. The third-order valence-electron chi connectivity index (χ3n) is 8.86. The topological polar surface area (TPSA) is 56.7 Å². The van der Waals surface area contributed by atoms with Gasteiger partial charge in [-0.05, 0) is 53.6 Å². The van der Waals surface area contributed by atoms with Crippen molar-refractivity contribution < 1.29 is 16.8 Å². The molecule has 0 aliphatic rings. The number of aromatic nitrogens is 4. The number of furan rings is 1. The predicted molar refractivity (Wildman–Crippen MR) is 203 cm³/mol. The molecule has 7 aromatic carbocycles. The molecule has 0 N–H and O–H groups in total. The molecule has 10 rings (SSSR count). The molecule has 0 fully saturated rings. The summed E-state index contributed by atoms with van der Waals surface area (Å²) in [5.41, 5.74) is 5.16. The van der Waals surface area contributed by atoms with Gasteiger partial charge < -0.3 is 8.98 Å². The summed E-state index contributed by atoms with van der Waals surface area (Å²) in [5, 5.41) is 2.43. The van der Waals surface area contributed by atoms with Crippen LogP contribution in [0.2, 0.25) is 0 Å². The summed E-state index contributed by atoms with van der Waals surface area (Å²) in [5.74, 6) is 1.25. The van der Waals surface area contributed by atoms with Crippen LogP contribution in [0.4, 0.5) is 0 Å². The molecule has 5 heteroatoms. The first-order chi connectivity index (χ1) is 28.5. The van der Waals surface area contributed by atoms with E-state index in [9.17, 15) is 0 Å². The summed E-state index contributed by atoms with van der Waals surface area (Å²) in [4.78, 5) is 15.0. The predicted octanol–water partition coefficient (Wildman–Crippen LogP) is 11.5. The van der Waals surface area contributed by atoms with E-state index in [1.807, 2.05) is 97.1 Å². The Morgan fingerprint density at radius 3 is 2.08 bits per heavy atom. The maximum Gasteiger partial charge on any atom is 0.164 e. The summed E-state index contributed by atoms with van der Waals surface area (Å²) < 4.78 is 85.1. The van der Waals surface area contributed by atoms with Crippen LogP contribution in [-0.4, -0.2) is 19.5 Å². The Bertz CT molecular complexity index is 3370. The first kappa shape index (κ1) is 20.5. The summed E-state index contributed by atoms with van der Waals surface area (Å²) in [7, 11) is 0. The minimum absolute atomic E-state index is 0.0133. The lowest BCUT2D eigenvalue weighted by Crippen LogP contribution is -2.01. The molecule has 0 spiro atoms. The van der Waals surface area contributed by atoms with Crippen LogP contribution in [-0.2, 0) is 0 Å². The molecule has 10 aromatic rings. The minimum Gasteiger partial charge on any atom is -0.456 e. The number of nitrogens with zero attached hydrogens (tertiary/aromatic N) is 4. The molecule has 0 amide bonds. The van der Waals surface area contributed by atoms with Crippen molar-refractivity contribution in [3.63, 3.8) is 0 Å². The molecule has 0 atom stereocenters. The second-order valence-electron chi connectivity index (χ2n) is 11.8. The van der Waals surface area contributed by atoms with E-state index in [1.165, 1.54) is 0 Å². The molecule has 0 aliphatic heterocycles. The van der Waals surface area contributed by atoms with Crippen LogP contribution in [0.5, 0.6) is 0 Å². The van der Waals surface area contributed by atoms with Crippen molar-refractivity contribution in [3.05, 3.63) is 170 Å². The van der Waals surface area contributed by atoms with Gasteiger partial charge in [0.05, 0.1) is 23.4 Å². The highest BCUT2D eigenvalue weighted by molar-refractivity contribution is 6.12. The fourth-order valence-corrected chi connectivity index (χ4v) is 6.63. The maximum atomic E-state index is 9.11. The van der Waals surface area contributed by atoms with Gasteiger partial charge in [-0.2, -0.15) is 0 Å². The van der Waals surface area contributed by atoms with E-state index in [2.05, 4.69) is 0 Å². The second-order valence-corrected chi connectivity index (χ2v) is 11.8. The third kappa shape index (κ3) is 4.60. The van der Waals surface area contributed by atoms with Crippen LogP contribution in [0.15, 0.2) is 174 Å². The van der Waals surface area contributed by atoms with E-state index < -0.39 is 30.2 Å². The highest BCUT2D eigenvalue weighted by Gasteiger charge is 2.19. The van der Waals surface area contributed by atoms with E-state index >= 15 is 0 Å². The van der Waals surface area contributed by atoms with Crippen LogP contribution in [0, 0.1) is 0 Å². The highest BCUT2D eigenvalue weighted by Crippen LogP contribution is 2.38. The van der Waals surface area contributed by atoms with Crippen LogP contribution >= 0.6 is 0 Å². The molecular formula is C45H28N4O. The van der Waals surface area contributed by atoms with Crippen molar-refractivity contribution in [2.45, 2.75) is 0 Å². The zero-order valence-corrected chi connectivity index (χ0v) is 26.2. The summed E-state index contributed by atoms with van der Waals surface area (Å²) in [6.45, 7) is 0. The molecule has 5 nitrogen and oxygen atoms in total. The van der Waals surface area contributed by atoms with Gasteiger partial charge in [0.2, 0.25) is 0 Å². The fourth-order valence-electron chi connectivity index (χ4n) is 6.63. The normalized spacial score (nSPS) is 14.1. The van der Waals surface area contributed by atoms with E-state index in [-0.39, 0.29) is 40.6 Å². The number of hydrogen-bond acceptors (Lipinski definition) is 4. The van der Waals surface area contributed by atoms with Crippen LogP contribution in [0.3, 0.4) is 0 Å². The second kappa shape index (κ2) is 11.4. The number of hydrogen-bond donors (Lipinski definition) is 0. The SMILES string of the molecule is [2H]c1c([2H])c([2H])c(-c2ccc3c(c2)c2c([2H])c([2H])c([2H])c([2H])c2n3-c2cccc(-c3nc(-c4ccccc4)nc(-c4cccc5oc6ccccc6c45)n3)c2)c([2H])c1[2H]. The monoisotopic (exact) mass is 649 g/mol. The number of rotatable bonds is 5. The van der Waals surface area contributed by atoms with E-state index in [0.29, 0.717) is 50.8 Å². The molecule has 234 valence electrons. The smallest absolute Gasteiger partial charge is 0.164 e. The summed E-state index contributed by atoms with van der Waals surface area (Å²) >= 11 is 0. The lowest BCUT2D eigenvalue weighted by Gasteiger charge is -2.12. The van der Waals surface area contributed by atoms with Crippen molar-refractivity contribution in [1.82, 2.24) is 19.5 Å². The first-order valence-electron chi connectivity index (χ1n) is 20.5. The number of fused-ring (bicyclic) bond motifs is 6. The summed E-state index contributed by atoms with van der Waals surface area (Å²) in [6.07, 6.45) is 0. The lowest BCUT2D eigenvalue weighted by atomic mass is 10.0. The number of benzene rings is 7. The van der Waals surface area contributed by atoms with Gasteiger partial charge in [0, 0.05) is 43.9 Å². The van der Waals surface area contributed by atoms with Gasteiger partial charge in [-0.1, -0.05) is 127 Å². The van der Waals surface area contributed by atoms with Gasteiger partial charge in [-0.25, -0.2) is 15.0 Å². The zero-order valence-electron chi connectivity index (χ0n) is 35.2. The van der Waals surface area contributed by atoms with Gasteiger partial charge >= 0.3 is 0 Å². The largest absolute Gasteiger partial charge is 0.456 e. The van der Waals surface area contributed by atoms with Crippen molar-refractivity contribution in [2.24, 2.45) is 0 Å². The van der Waals surface area contributed by atoms with Crippen LogP contribution in [0.25, 0.3) is 94.7 Å². The molecule has 50 heavy (non-hydrogen) atoms. The molecule has 0 radical (unpaired) electrons. The lowest BCUT2D eigenvalue weighted by molar-refractivity contribution is 0.669. The minimum atomic E-state index is -0.511. The van der Waals surface area contributed by atoms with Crippen molar-refractivity contribution in [1.29, 1.82) is 0 Å². The average molecular weight is 650 g/mol. The molecule has 3 heterocycles. The van der Waals surface area contributed by atoms with E-state index in [0.717, 1.165) is 27.5 Å². The standard InChI is InChI=1S/C45H28N4O/c1-3-13-29(14-4-1)31-25-26-39-37(28-31)34-19-7-9-22-38(34)49(39)33-18-11-17-32(27-33)44-46-43(30-15-5-2-6-16-30)47-45(48-44)36-21-12-24-41-42(36)35-20-8-10-23-40(35)50-41/h1-28H/i1D,3D,4D,7D,9D,13D,14D,19D,22D. The molecule has 0 saturated heterocycles. The molecule has 0 saturated carbocycles. The van der Waals surface area contributed by atoms with E-state index in [1.54, 1.807) is 22.8 Å². The van der Waals surface area contributed by atoms with Crippen molar-refractivity contribution in [3.8, 4) is 51.0 Å². The van der Waals surface area contributed by atoms with Crippen LogP contribution < -0.4 is 0 Å². The molecule has 0 unspecified atom stereocenters. The highest BCUT2D eigenvalue weighted by atomic mass is 16.3. The van der Waals surface area contributed by atoms with Gasteiger partial charge in [-0.3, -0.25) is 0 Å². The Hall–Kier alpha value is -6.85. The van der Waals surface area contributed by atoms with Gasteiger partial charge in [0.15, 0.2) is 17.5 Å². The van der Waals surface area contributed by atoms with E-state index in [4.69, 9.17) is 31.7 Å². The fraction of sp³-hybridized carbons (Fsp3) is 0. The van der Waals surface area contributed by atoms with Crippen molar-refractivity contribution >= 4 is 43.7 Å². The van der Waals surface area contributed by atoms with Crippen molar-refractivity contribution in [2.75, 3.05) is 0 Å². The molecule has 0 bridgehead atoms. The Morgan fingerprint density at radius 2 is 1.18 bits per heavy atom. The van der Waals surface area contributed by atoms with Gasteiger partial charge in [0.25, 0.3) is 0 Å². The quantitative estimate of drug-likeness (QED) is 0.186. The maximum absolute atomic E-state index is 9.11. The van der Waals surface area contributed by atoms with Crippen LogP contribution in [0.1, 0.15) is 12.3 Å².